The number of rotatable bonds is 4. The lowest BCUT2D eigenvalue weighted by molar-refractivity contribution is 0.0438. The maximum Gasteiger partial charge on any atom is 0.229 e. The molecule has 0 aliphatic carbocycles. The van der Waals surface area contributed by atoms with Gasteiger partial charge in [0.15, 0.2) is 0 Å². The van der Waals surface area contributed by atoms with Crippen LogP contribution in [0.4, 0.5) is 10.8 Å². The zero-order valence-corrected chi connectivity index (χ0v) is 16.1. The van der Waals surface area contributed by atoms with E-state index in [1.807, 2.05) is 11.8 Å². The van der Waals surface area contributed by atoms with Gasteiger partial charge in [-0.05, 0) is 57.3 Å². The van der Waals surface area contributed by atoms with Crippen LogP contribution in [-0.2, 0) is 0 Å². The second kappa shape index (κ2) is 7.41. The van der Waals surface area contributed by atoms with E-state index in [4.69, 9.17) is 5.48 Å². The molecule has 142 valence electrons. The molecule has 0 unspecified atom stereocenters. The van der Waals surface area contributed by atoms with Gasteiger partial charge in [-0.15, -0.1) is 0 Å². The van der Waals surface area contributed by atoms with Crippen molar-refractivity contribution in [1.29, 1.82) is 5.26 Å². The Kier molecular flexibility index (Phi) is 3.80. The van der Waals surface area contributed by atoms with E-state index >= 15 is 0 Å². The molecular formula is C19H25N7S. The van der Waals surface area contributed by atoms with Crippen LogP contribution in [0.1, 0.15) is 42.4 Å². The molecule has 0 radical (unpaired) electrons. The van der Waals surface area contributed by atoms with E-state index in [1.54, 1.807) is 6.07 Å². The number of nitrogens with zero attached hydrogens (tertiary/aromatic N) is 6. The fourth-order valence-corrected chi connectivity index (χ4v) is 4.56. The molecule has 1 N–H and O–H groups in total. The molecule has 0 bridgehead atoms. The summed E-state index contributed by atoms with van der Waals surface area (Å²) in [7, 11) is 0. The summed E-state index contributed by atoms with van der Waals surface area (Å²) in [5.74, 6) is 0.338. The Morgan fingerprint density at radius 1 is 1.44 bits per heavy atom. The number of hydrogen-bond donors (Lipinski definition) is 1. The van der Waals surface area contributed by atoms with Gasteiger partial charge in [0, 0.05) is 28.9 Å². The third kappa shape index (κ3) is 3.62. The van der Waals surface area contributed by atoms with Crippen molar-refractivity contribution < 1.29 is 5.48 Å². The maximum absolute atomic E-state index is 9.44. The van der Waals surface area contributed by atoms with Crippen molar-refractivity contribution in [2.24, 2.45) is 4.99 Å². The highest BCUT2D eigenvalue weighted by molar-refractivity contribution is 7.09. The van der Waals surface area contributed by atoms with E-state index in [-0.39, 0.29) is 22.9 Å². The lowest BCUT2D eigenvalue weighted by Crippen LogP contribution is -2.71. The summed E-state index contributed by atoms with van der Waals surface area (Å²) in [6, 6.07) is 4.12. The molecule has 4 heterocycles. The number of piperidine rings is 1. The van der Waals surface area contributed by atoms with Gasteiger partial charge in [-0.1, -0.05) is 6.42 Å². The van der Waals surface area contributed by atoms with E-state index in [1.165, 1.54) is 18.0 Å². The quantitative estimate of drug-likeness (QED) is 0.872. The fourth-order valence-electron chi connectivity index (χ4n) is 3.92. The second-order valence-electron chi connectivity index (χ2n) is 7.28. The van der Waals surface area contributed by atoms with Crippen molar-refractivity contribution in [2.45, 2.75) is 45.0 Å². The normalized spacial score (nSPS) is 23.0. The van der Waals surface area contributed by atoms with E-state index < -0.39 is 6.85 Å². The molecule has 2 fully saturated rings. The first-order valence-electron chi connectivity index (χ1n) is 11.2. The Bertz CT molecular complexity index is 1060. The molecule has 2 aromatic heterocycles. The van der Waals surface area contributed by atoms with E-state index in [0.29, 0.717) is 30.3 Å². The summed E-state index contributed by atoms with van der Waals surface area (Å²) in [4.78, 5) is 15.8. The predicted octanol–water partition coefficient (Wildman–Crippen LogP) is 2.67. The third-order valence-electron chi connectivity index (χ3n) is 5.29. The predicted molar refractivity (Wildman–Crippen MR) is 106 cm³/mol. The van der Waals surface area contributed by atoms with Crippen molar-refractivity contribution in [2.75, 3.05) is 31.1 Å². The standard InChI is InChI=1S/C19H25N7S/c1-14-11-21-18(22-16-10-15(2)24-27-16)23-17(14)25-12-19(13-25,6-7-20)26-8-4-3-5-9-26/h10-11H,3-6,8-9,12-13H2,1-2H3,(H,21,22,23)/i1D3,11D. The van der Waals surface area contributed by atoms with Crippen molar-refractivity contribution in [3.8, 4) is 6.07 Å². The van der Waals surface area contributed by atoms with Crippen LogP contribution in [0, 0.1) is 25.1 Å². The van der Waals surface area contributed by atoms with Gasteiger partial charge in [0.25, 0.3) is 0 Å². The molecule has 2 saturated heterocycles. The third-order valence-corrected chi connectivity index (χ3v) is 6.07. The summed E-state index contributed by atoms with van der Waals surface area (Å²) in [6.07, 6.45) is 3.51. The molecule has 2 aromatic rings. The van der Waals surface area contributed by atoms with E-state index in [2.05, 4.69) is 30.3 Å². The molecule has 2 aliphatic rings. The van der Waals surface area contributed by atoms with Gasteiger partial charge < -0.3 is 9.88 Å². The summed E-state index contributed by atoms with van der Waals surface area (Å²) in [5, 5.41) is 10.1. The summed E-state index contributed by atoms with van der Waals surface area (Å²) in [6.45, 7) is 2.34. The van der Waals surface area contributed by atoms with Crippen molar-refractivity contribution in [3.63, 3.8) is 0 Å². The van der Waals surface area contributed by atoms with Crippen LogP contribution < -0.4 is 10.5 Å². The van der Waals surface area contributed by atoms with Gasteiger partial charge in [-0.2, -0.15) is 9.64 Å². The Morgan fingerprint density at radius 2 is 2.26 bits per heavy atom. The minimum absolute atomic E-state index is 0.115. The van der Waals surface area contributed by atoms with Gasteiger partial charge >= 0.3 is 0 Å². The van der Waals surface area contributed by atoms with Crippen molar-refractivity contribution in [1.82, 2.24) is 19.2 Å². The largest absolute Gasteiger partial charge is 0.354 e. The van der Waals surface area contributed by atoms with Gasteiger partial charge in [0.2, 0.25) is 5.62 Å². The molecule has 27 heavy (non-hydrogen) atoms. The molecule has 7 nitrogen and oxygen atoms in total. The van der Waals surface area contributed by atoms with Crippen LogP contribution in [0.5, 0.6) is 0 Å². The molecular weight excluding hydrogens is 358 g/mol. The number of anilines is 1. The average molecular weight is 388 g/mol. The lowest BCUT2D eigenvalue weighted by Gasteiger charge is -2.56. The van der Waals surface area contributed by atoms with Gasteiger partial charge in [0.1, 0.15) is 10.8 Å². The van der Waals surface area contributed by atoms with Crippen LogP contribution in [0.15, 0.2) is 17.2 Å². The fraction of sp³-hybridized carbons (Fsp3) is 0.579. The van der Waals surface area contributed by atoms with Crippen LogP contribution in [0.3, 0.4) is 0 Å². The van der Waals surface area contributed by atoms with Crippen LogP contribution in [0.25, 0.3) is 0 Å². The maximum atomic E-state index is 9.44. The molecule has 0 saturated carbocycles. The first-order chi connectivity index (χ1) is 14.7. The number of nitriles is 1. The van der Waals surface area contributed by atoms with Crippen molar-refractivity contribution in [3.05, 3.63) is 29.1 Å². The molecule has 0 spiro atoms. The number of hydrogen-bond acceptors (Lipinski definition) is 7. The van der Waals surface area contributed by atoms with E-state index in [9.17, 15) is 5.26 Å². The molecule has 0 aromatic carbocycles. The highest BCUT2D eigenvalue weighted by atomic mass is 32.1. The Balaban J connectivity index is 1.71. The van der Waals surface area contributed by atoms with Crippen molar-refractivity contribution >= 4 is 22.4 Å². The highest BCUT2D eigenvalue weighted by Crippen LogP contribution is 2.36. The SMILES string of the molecule is [2H]c1n/c(=N/c2cc(C)ns2)[nH]c(N2CC(CC#N)(N3CCCCC3)C2)c1C([2H])([2H])[2H]. The Morgan fingerprint density at radius 3 is 2.93 bits per heavy atom. The molecule has 8 heteroatoms. The van der Waals surface area contributed by atoms with Gasteiger partial charge in [0.05, 0.1) is 25.1 Å². The van der Waals surface area contributed by atoms with E-state index in [0.717, 1.165) is 31.6 Å². The average Bonchev–Trinajstić information content (AvgIpc) is 3.08. The van der Waals surface area contributed by atoms with Crippen LogP contribution >= 0.6 is 11.5 Å². The first kappa shape index (κ1) is 13.9. The first-order valence-corrected chi connectivity index (χ1v) is 9.96. The monoisotopic (exact) mass is 387 g/mol. The molecule has 0 amide bonds. The topological polar surface area (TPSA) is 84.2 Å². The summed E-state index contributed by atoms with van der Waals surface area (Å²) in [5.41, 5.74) is 0.607. The Hall–Kier alpha value is -2.24. The van der Waals surface area contributed by atoms with Crippen LogP contribution in [-0.4, -0.2) is 51.0 Å². The number of H-pyrrole nitrogens is 1. The smallest absolute Gasteiger partial charge is 0.229 e. The number of aromatic nitrogens is 3. The lowest BCUT2D eigenvalue weighted by atomic mass is 9.83. The highest BCUT2D eigenvalue weighted by Gasteiger charge is 2.48. The molecule has 4 rings (SSSR count). The molecule has 2 aliphatic heterocycles. The summed E-state index contributed by atoms with van der Waals surface area (Å²) < 4.78 is 36.3. The number of nitrogens with one attached hydrogen (secondary N) is 1. The van der Waals surface area contributed by atoms with Crippen LogP contribution in [0.2, 0.25) is 0 Å². The second-order valence-corrected chi connectivity index (χ2v) is 8.06. The zero-order chi connectivity index (χ0) is 22.2. The minimum Gasteiger partial charge on any atom is -0.354 e. The van der Waals surface area contributed by atoms with Gasteiger partial charge in [-0.25, -0.2) is 9.98 Å². The minimum atomic E-state index is -2.49. The number of aromatic amines is 1. The summed E-state index contributed by atoms with van der Waals surface area (Å²) >= 11 is 1.21. The number of likely N-dealkylation sites (tertiary alicyclic amines) is 1. The zero-order valence-electron chi connectivity index (χ0n) is 19.3. The van der Waals surface area contributed by atoms with Gasteiger partial charge in [-0.3, -0.25) is 4.90 Å². The number of aryl methyl sites for hydroxylation is 1. The Labute approximate surface area is 169 Å². The molecule has 0 atom stereocenters.